The second-order valence-corrected chi connectivity index (χ2v) is 7.00. The van der Waals surface area contributed by atoms with E-state index in [2.05, 4.69) is 5.32 Å². The predicted octanol–water partition coefficient (Wildman–Crippen LogP) is 3.28. The minimum absolute atomic E-state index is 0.0940. The molecule has 0 aliphatic rings. The Morgan fingerprint density at radius 1 is 1.21 bits per heavy atom. The molecule has 0 saturated heterocycles. The van der Waals surface area contributed by atoms with E-state index in [4.69, 9.17) is 9.15 Å². The van der Waals surface area contributed by atoms with Gasteiger partial charge in [-0.15, -0.1) is 0 Å². The predicted molar refractivity (Wildman–Crippen MR) is 111 cm³/mol. The van der Waals surface area contributed by atoms with Gasteiger partial charge in [-0.2, -0.15) is 0 Å². The molecule has 3 aromatic rings. The van der Waals surface area contributed by atoms with E-state index in [9.17, 15) is 14.7 Å². The lowest BCUT2D eigenvalue weighted by Crippen LogP contribution is -2.32. The molecular formula is C23H25NO5. The number of fused-ring (bicyclic) bond motifs is 1. The molecule has 2 N–H and O–H groups in total. The Hall–Kier alpha value is -3.12. The highest BCUT2D eigenvalue weighted by atomic mass is 16.5. The van der Waals surface area contributed by atoms with Crippen LogP contribution in [0.25, 0.3) is 11.0 Å². The second kappa shape index (κ2) is 9.39. The van der Waals surface area contributed by atoms with Gasteiger partial charge in [-0.1, -0.05) is 43.7 Å². The quantitative estimate of drug-likeness (QED) is 0.572. The first-order valence-electron chi connectivity index (χ1n) is 9.67. The highest BCUT2D eigenvalue weighted by Gasteiger charge is 2.14. The van der Waals surface area contributed by atoms with Crippen molar-refractivity contribution in [3.63, 3.8) is 0 Å². The molecule has 0 spiro atoms. The number of aliphatic hydroxyl groups excluding tert-OH is 1. The maximum atomic E-state index is 12.2. The van der Waals surface area contributed by atoms with Gasteiger partial charge in [0.1, 0.15) is 11.3 Å². The number of carbonyl (C=O) groups excluding carboxylic acids is 1. The first-order valence-corrected chi connectivity index (χ1v) is 9.67. The normalized spacial score (nSPS) is 12.0. The van der Waals surface area contributed by atoms with Gasteiger partial charge in [0, 0.05) is 12.6 Å². The molecule has 29 heavy (non-hydrogen) atoms. The standard InChI is InChI=1S/C23H25NO5/c1-3-7-17-12-22(27)29-20-11-15(2)10-19(23(17)20)28-14-21(26)24-13-18(25)16-8-5-4-6-9-16/h4-6,8-12,18,25H,3,7,13-14H2,1-2H3,(H,24,26)/t18-/m1/s1. The third kappa shape index (κ3) is 5.23. The molecule has 6 heteroatoms. The van der Waals surface area contributed by atoms with Gasteiger partial charge in [0.05, 0.1) is 11.5 Å². The van der Waals surface area contributed by atoms with Crippen LogP contribution in [0.5, 0.6) is 5.75 Å². The van der Waals surface area contributed by atoms with Crippen molar-refractivity contribution in [1.29, 1.82) is 0 Å². The Balaban J connectivity index is 1.71. The monoisotopic (exact) mass is 395 g/mol. The number of rotatable bonds is 8. The zero-order chi connectivity index (χ0) is 20.8. The number of aliphatic hydroxyl groups is 1. The van der Waals surface area contributed by atoms with Crippen molar-refractivity contribution in [3.8, 4) is 5.75 Å². The van der Waals surface area contributed by atoms with Gasteiger partial charge < -0.3 is 19.6 Å². The molecule has 0 fully saturated rings. The van der Waals surface area contributed by atoms with Gasteiger partial charge >= 0.3 is 5.63 Å². The summed E-state index contributed by atoms with van der Waals surface area (Å²) in [4.78, 5) is 24.1. The van der Waals surface area contributed by atoms with E-state index < -0.39 is 11.7 Å². The summed E-state index contributed by atoms with van der Waals surface area (Å²) >= 11 is 0. The third-order valence-corrected chi connectivity index (χ3v) is 4.59. The zero-order valence-corrected chi connectivity index (χ0v) is 16.6. The molecule has 0 unspecified atom stereocenters. The Bertz CT molecular complexity index is 1040. The Morgan fingerprint density at radius 3 is 2.69 bits per heavy atom. The molecule has 152 valence electrons. The van der Waals surface area contributed by atoms with Crippen LogP contribution in [0.1, 0.15) is 36.1 Å². The fourth-order valence-electron chi connectivity index (χ4n) is 3.25. The maximum absolute atomic E-state index is 12.2. The molecule has 1 atom stereocenters. The van der Waals surface area contributed by atoms with E-state index in [0.29, 0.717) is 23.1 Å². The van der Waals surface area contributed by atoms with Crippen LogP contribution in [0.15, 0.2) is 57.7 Å². The van der Waals surface area contributed by atoms with Crippen molar-refractivity contribution < 1.29 is 19.1 Å². The number of carbonyl (C=O) groups is 1. The lowest BCUT2D eigenvalue weighted by Gasteiger charge is -2.14. The molecule has 0 bridgehead atoms. The van der Waals surface area contributed by atoms with Crippen molar-refractivity contribution in [2.75, 3.05) is 13.2 Å². The zero-order valence-electron chi connectivity index (χ0n) is 16.6. The summed E-state index contributed by atoms with van der Waals surface area (Å²) in [6.45, 7) is 3.79. The first-order chi connectivity index (χ1) is 14.0. The van der Waals surface area contributed by atoms with Gasteiger partial charge in [-0.25, -0.2) is 4.79 Å². The molecule has 0 aliphatic carbocycles. The summed E-state index contributed by atoms with van der Waals surface area (Å²) in [5.74, 6) is 0.162. The van der Waals surface area contributed by atoms with Crippen LogP contribution in [0, 0.1) is 6.92 Å². The van der Waals surface area contributed by atoms with Crippen LogP contribution in [-0.4, -0.2) is 24.2 Å². The lowest BCUT2D eigenvalue weighted by atomic mass is 10.0. The average molecular weight is 395 g/mol. The van der Waals surface area contributed by atoms with Gasteiger partial charge in [-0.3, -0.25) is 4.79 Å². The van der Waals surface area contributed by atoms with Crippen molar-refractivity contribution in [2.45, 2.75) is 32.8 Å². The lowest BCUT2D eigenvalue weighted by molar-refractivity contribution is -0.123. The molecular weight excluding hydrogens is 370 g/mol. The van der Waals surface area contributed by atoms with E-state index >= 15 is 0 Å². The van der Waals surface area contributed by atoms with Gasteiger partial charge in [0.25, 0.3) is 5.91 Å². The highest BCUT2D eigenvalue weighted by Crippen LogP contribution is 2.30. The van der Waals surface area contributed by atoms with Crippen molar-refractivity contribution >= 4 is 16.9 Å². The van der Waals surface area contributed by atoms with E-state index in [0.717, 1.165) is 23.1 Å². The Labute approximate surface area is 169 Å². The van der Waals surface area contributed by atoms with E-state index in [-0.39, 0.29) is 19.1 Å². The topological polar surface area (TPSA) is 88.8 Å². The third-order valence-electron chi connectivity index (χ3n) is 4.59. The molecule has 1 amide bonds. The molecule has 0 saturated carbocycles. The average Bonchev–Trinajstić information content (AvgIpc) is 2.70. The number of benzene rings is 2. The first kappa shape index (κ1) is 20.6. The SMILES string of the molecule is CCCc1cc(=O)oc2cc(C)cc(OCC(=O)NC[C@@H](O)c3ccccc3)c12. The van der Waals surface area contributed by atoms with Crippen LogP contribution in [-0.2, 0) is 11.2 Å². The largest absolute Gasteiger partial charge is 0.483 e. The van der Waals surface area contributed by atoms with E-state index in [1.54, 1.807) is 18.2 Å². The summed E-state index contributed by atoms with van der Waals surface area (Å²) in [5, 5.41) is 13.5. The number of ether oxygens (including phenoxy) is 1. The number of aryl methyl sites for hydroxylation is 2. The van der Waals surface area contributed by atoms with Crippen LogP contribution in [0.4, 0.5) is 0 Å². The molecule has 2 aromatic carbocycles. The number of nitrogens with one attached hydrogen (secondary N) is 1. The van der Waals surface area contributed by atoms with Crippen molar-refractivity contribution in [3.05, 3.63) is 75.6 Å². The van der Waals surface area contributed by atoms with Crippen LogP contribution in [0.3, 0.4) is 0 Å². The fourth-order valence-corrected chi connectivity index (χ4v) is 3.25. The summed E-state index contributed by atoms with van der Waals surface area (Å²) < 4.78 is 11.1. The highest BCUT2D eigenvalue weighted by molar-refractivity contribution is 5.88. The van der Waals surface area contributed by atoms with E-state index in [1.165, 1.54) is 6.07 Å². The summed E-state index contributed by atoms with van der Waals surface area (Å²) in [7, 11) is 0. The molecule has 6 nitrogen and oxygen atoms in total. The molecule has 1 aromatic heterocycles. The number of amides is 1. The minimum Gasteiger partial charge on any atom is -0.483 e. The molecule has 3 rings (SSSR count). The van der Waals surface area contributed by atoms with Crippen LogP contribution >= 0.6 is 0 Å². The fraction of sp³-hybridized carbons (Fsp3) is 0.304. The van der Waals surface area contributed by atoms with Crippen LogP contribution < -0.4 is 15.7 Å². The van der Waals surface area contributed by atoms with Crippen LogP contribution in [0.2, 0.25) is 0 Å². The number of hydrogen-bond acceptors (Lipinski definition) is 5. The van der Waals surface area contributed by atoms with Crippen molar-refractivity contribution in [1.82, 2.24) is 5.32 Å². The Kier molecular flexibility index (Phi) is 6.67. The summed E-state index contributed by atoms with van der Waals surface area (Å²) in [6, 6.07) is 14.2. The van der Waals surface area contributed by atoms with Gasteiger partial charge in [0.15, 0.2) is 6.61 Å². The molecule has 0 radical (unpaired) electrons. The minimum atomic E-state index is -0.787. The van der Waals surface area contributed by atoms with Gasteiger partial charge in [0.2, 0.25) is 0 Å². The smallest absolute Gasteiger partial charge is 0.336 e. The summed E-state index contributed by atoms with van der Waals surface area (Å²) in [5.41, 5.74) is 2.50. The molecule has 0 aliphatic heterocycles. The van der Waals surface area contributed by atoms with Crippen molar-refractivity contribution in [2.24, 2.45) is 0 Å². The Morgan fingerprint density at radius 2 is 1.97 bits per heavy atom. The summed E-state index contributed by atoms with van der Waals surface area (Å²) in [6.07, 6.45) is 0.783. The number of hydrogen-bond donors (Lipinski definition) is 2. The maximum Gasteiger partial charge on any atom is 0.336 e. The van der Waals surface area contributed by atoms with E-state index in [1.807, 2.05) is 38.1 Å². The molecule has 1 heterocycles. The van der Waals surface area contributed by atoms with Gasteiger partial charge in [-0.05, 0) is 42.2 Å². The second-order valence-electron chi connectivity index (χ2n) is 7.00.